The lowest BCUT2D eigenvalue weighted by molar-refractivity contribution is 0.101. The fraction of sp³-hybridized carbons (Fsp3) is 0.115. The Balaban J connectivity index is 1.37. The molecule has 5 heterocycles. The topological polar surface area (TPSA) is 117 Å². The summed E-state index contributed by atoms with van der Waals surface area (Å²) < 4.78 is 13.8. The lowest BCUT2D eigenvalue weighted by Crippen LogP contribution is -2.32. The summed E-state index contributed by atoms with van der Waals surface area (Å²) in [6.45, 7) is 1.29. The Bertz CT molecular complexity index is 1760. The van der Waals surface area contributed by atoms with Crippen LogP contribution in [0.1, 0.15) is 15.9 Å². The highest BCUT2D eigenvalue weighted by atomic mass is 16.6. The van der Waals surface area contributed by atoms with Crippen molar-refractivity contribution in [3.63, 3.8) is 0 Å². The van der Waals surface area contributed by atoms with E-state index >= 15 is 0 Å². The van der Waals surface area contributed by atoms with Gasteiger partial charge in [-0.15, -0.1) is 0 Å². The first-order chi connectivity index (χ1) is 17.6. The van der Waals surface area contributed by atoms with Crippen molar-refractivity contribution in [3.05, 3.63) is 105 Å². The van der Waals surface area contributed by atoms with Gasteiger partial charge in [-0.2, -0.15) is 0 Å². The number of hydrogen-bond donors (Lipinski definition) is 1. The van der Waals surface area contributed by atoms with Crippen LogP contribution < -0.4 is 26.0 Å². The van der Waals surface area contributed by atoms with Crippen LogP contribution in [0.2, 0.25) is 0 Å². The third-order valence-electron chi connectivity index (χ3n) is 5.94. The molecule has 0 fully saturated rings. The molecule has 0 radical (unpaired) electrons. The third-order valence-corrected chi connectivity index (χ3v) is 5.94. The van der Waals surface area contributed by atoms with Crippen molar-refractivity contribution in [2.45, 2.75) is 6.54 Å². The van der Waals surface area contributed by atoms with Crippen LogP contribution in [0, 0.1) is 0 Å². The lowest BCUT2D eigenvalue weighted by atomic mass is 10.1. The number of pyridine rings is 4. The number of carbonyl (C=O) groups is 1. The van der Waals surface area contributed by atoms with E-state index in [1.165, 1.54) is 24.7 Å². The summed E-state index contributed by atoms with van der Waals surface area (Å²) >= 11 is 0. The standard InChI is InChI=1S/C26H19N5O5/c32-24(17-3-7-27-8-4-17)29-31-10-6-21-19(26(31)34)14-18-20(28-21)5-9-30(25(18)33)15-16-1-2-22-23(13-16)36-12-11-35-22/h1-10,13-14H,11-12,15H2,(H,29,32). The minimum Gasteiger partial charge on any atom is -0.486 e. The van der Waals surface area contributed by atoms with E-state index in [0.717, 1.165) is 10.2 Å². The Hall–Kier alpha value is -4.99. The Morgan fingerprint density at radius 1 is 0.861 bits per heavy atom. The zero-order chi connectivity index (χ0) is 24.6. The Labute approximate surface area is 203 Å². The molecule has 6 rings (SSSR count). The monoisotopic (exact) mass is 481 g/mol. The molecule has 0 unspecified atom stereocenters. The summed E-state index contributed by atoms with van der Waals surface area (Å²) in [5.41, 5.74) is 3.90. The second kappa shape index (κ2) is 8.66. The number of nitrogens with zero attached hydrogens (tertiary/aromatic N) is 4. The molecule has 0 aliphatic carbocycles. The molecule has 0 atom stereocenters. The van der Waals surface area contributed by atoms with Crippen LogP contribution in [0.5, 0.6) is 11.5 Å². The molecule has 1 aliphatic rings. The highest BCUT2D eigenvalue weighted by Gasteiger charge is 2.14. The summed E-state index contributed by atoms with van der Waals surface area (Å²) in [4.78, 5) is 47.3. The van der Waals surface area contributed by atoms with E-state index in [1.54, 1.807) is 35.0 Å². The fourth-order valence-corrected chi connectivity index (χ4v) is 4.14. The molecule has 36 heavy (non-hydrogen) atoms. The molecule has 10 nitrogen and oxygen atoms in total. The molecule has 0 spiro atoms. The van der Waals surface area contributed by atoms with Gasteiger partial charge in [-0.05, 0) is 48.0 Å². The van der Waals surface area contributed by atoms with Gasteiger partial charge in [-0.3, -0.25) is 24.8 Å². The zero-order valence-corrected chi connectivity index (χ0v) is 18.9. The molecule has 0 saturated carbocycles. The van der Waals surface area contributed by atoms with E-state index in [-0.39, 0.29) is 10.9 Å². The molecule has 0 saturated heterocycles. The van der Waals surface area contributed by atoms with Gasteiger partial charge in [0, 0.05) is 30.4 Å². The maximum Gasteiger partial charge on any atom is 0.278 e. The fourth-order valence-electron chi connectivity index (χ4n) is 4.14. The molecular formula is C26H19N5O5. The quantitative estimate of drug-likeness (QED) is 0.392. The number of carbonyl (C=O) groups excluding carboxylic acids is 1. The highest BCUT2D eigenvalue weighted by molar-refractivity contribution is 6.00. The molecule has 1 N–H and O–H groups in total. The van der Waals surface area contributed by atoms with Gasteiger partial charge in [0.25, 0.3) is 17.0 Å². The number of fused-ring (bicyclic) bond motifs is 3. The minimum absolute atomic E-state index is 0.217. The van der Waals surface area contributed by atoms with Crippen LogP contribution in [0.15, 0.2) is 82.9 Å². The van der Waals surface area contributed by atoms with Crippen molar-refractivity contribution in [1.82, 2.24) is 19.2 Å². The van der Waals surface area contributed by atoms with Crippen LogP contribution in [0.25, 0.3) is 21.8 Å². The van der Waals surface area contributed by atoms with Crippen molar-refractivity contribution >= 4 is 27.7 Å². The molecule has 0 bridgehead atoms. The number of benzene rings is 1. The van der Waals surface area contributed by atoms with Gasteiger partial charge in [-0.25, -0.2) is 9.66 Å². The van der Waals surface area contributed by atoms with E-state index < -0.39 is 11.5 Å². The summed E-state index contributed by atoms with van der Waals surface area (Å²) in [5, 5.41) is 0.520. The largest absolute Gasteiger partial charge is 0.486 e. The third kappa shape index (κ3) is 3.84. The van der Waals surface area contributed by atoms with Gasteiger partial charge < -0.3 is 14.0 Å². The van der Waals surface area contributed by atoms with Crippen LogP contribution in [-0.2, 0) is 6.54 Å². The van der Waals surface area contributed by atoms with E-state index in [9.17, 15) is 14.4 Å². The molecule has 1 aliphatic heterocycles. The molecule has 10 heteroatoms. The minimum atomic E-state index is -0.494. The molecular weight excluding hydrogens is 462 g/mol. The average molecular weight is 481 g/mol. The van der Waals surface area contributed by atoms with Gasteiger partial charge >= 0.3 is 0 Å². The van der Waals surface area contributed by atoms with Crippen LogP contribution in [0.4, 0.5) is 0 Å². The lowest BCUT2D eigenvalue weighted by Gasteiger charge is -2.19. The van der Waals surface area contributed by atoms with E-state index in [4.69, 9.17) is 9.47 Å². The maximum atomic E-state index is 13.3. The number of hydrogen-bond acceptors (Lipinski definition) is 7. The van der Waals surface area contributed by atoms with Crippen molar-refractivity contribution < 1.29 is 14.3 Å². The SMILES string of the molecule is O=C(Nn1ccc2nc3ccn(Cc4ccc5c(c4)OCCO5)c(=O)c3cc2c1=O)c1ccncc1. The normalized spacial score (nSPS) is 12.6. The molecule has 1 amide bonds. The van der Waals surface area contributed by atoms with Gasteiger partial charge in [0.15, 0.2) is 11.5 Å². The highest BCUT2D eigenvalue weighted by Crippen LogP contribution is 2.31. The second-order valence-corrected chi connectivity index (χ2v) is 8.25. The van der Waals surface area contributed by atoms with Crippen molar-refractivity contribution in [1.29, 1.82) is 0 Å². The Morgan fingerprint density at radius 3 is 2.39 bits per heavy atom. The summed E-state index contributed by atoms with van der Waals surface area (Å²) in [6.07, 6.45) is 6.09. The first-order valence-electron chi connectivity index (χ1n) is 11.2. The van der Waals surface area contributed by atoms with Crippen LogP contribution in [0.3, 0.4) is 0 Å². The summed E-state index contributed by atoms with van der Waals surface area (Å²) in [6, 6.07) is 13.5. The summed E-state index contributed by atoms with van der Waals surface area (Å²) in [7, 11) is 0. The van der Waals surface area contributed by atoms with Gasteiger partial charge in [-0.1, -0.05) is 6.07 Å². The van der Waals surface area contributed by atoms with E-state index in [0.29, 0.717) is 53.2 Å². The Morgan fingerprint density at radius 2 is 1.58 bits per heavy atom. The van der Waals surface area contributed by atoms with E-state index in [2.05, 4.69) is 15.4 Å². The number of ether oxygens (including phenoxy) is 2. The maximum absolute atomic E-state index is 13.3. The zero-order valence-electron chi connectivity index (χ0n) is 18.9. The second-order valence-electron chi connectivity index (χ2n) is 8.25. The number of amides is 1. The number of rotatable bonds is 4. The first kappa shape index (κ1) is 21.5. The molecule has 178 valence electrons. The Kier molecular flexibility index (Phi) is 5.18. The first-order valence-corrected chi connectivity index (χ1v) is 11.2. The van der Waals surface area contributed by atoms with Gasteiger partial charge in [0.1, 0.15) is 13.2 Å². The molecule has 1 aromatic carbocycles. The number of nitrogens with one attached hydrogen (secondary N) is 1. The average Bonchev–Trinajstić information content (AvgIpc) is 2.92. The van der Waals surface area contributed by atoms with Crippen LogP contribution >= 0.6 is 0 Å². The van der Waals surface area contributed by atoms with E-state index in [1.807, 2.05) is 18.2 Å². The summed E-state index contributed by atoms with van der Waals surface area (Å²) in [5.74, 6) is 0.864. The smallest absolute Gasteiger partial charge is 0.278 e. The van der Waals surface area contributed by atoms with Crippen molar-refractivity contribution in [2.75, 3.05) is 18.6 Å². The van der Waals surface area contributed by atoms with Crippen LogP contribution in [-0.4, -0.2) is 38.3 Å². The number of aromatic nitrogens is 4. The predicted molar refractivity (Wildman–Crippen MR) is 132 cm³/mol. The van der Waals surface area contributed by atoms with Gasteiger partial charge in [0.2, 0.25) is 0 Å². The van der Waals surface area contributed by atoms with Gasteiger partial charge in [0.05, 0.1) is 28.4 Å². The van der Waals surface area contributed by atoms with Crippen molar-refractivity contribution in [3.8, 4) is 11.5 Å². The van der Waals surface area contributed by atoms with Crippen molar-refractivity contribution in [2.24, 2.45) is 0 Å². The predicted octanol–water partition coefficient (Wildman–Crippen LogP) is 2.31. The molecule has 5 aromatic rings. The molecule has 4 aromatic heterocycles.